The summed E-state index contributed by atoms with van der Waals surface area (Å²) in [5.74, 6) is 0.239. The maximum atomic E-state index is 12.9. The molecule has 2 unspecified atom stereocenters. The molecule has 0 aromatic heterocycles. The molecule has 3 rings (SSSR count). The second-order valence-electron chi connectivity index (χ2n) is 5.60. The molecule has 2 aliphatic rings. The van der Waals surface area contributed by atoms with Crippen LogP contribution in [0.15, 0.2) is 17.0 Å². The van der Waals surface area contributed by atoms with Gasteiger partial charge in [0, 0.05) is 24.0 Å². The molecule has 4 nitrogen and oxygen atoms in total. The lowest BCUT2D eigenvalue weighted by molar-refractivity contribution is -0.0114. The van der Waals surface area contributed by atoms with Gasteiger partial charge in [0.25, 0.3) is 0 Å². The summed E-state index contributed by atoms with van der Waals surface area (Å²) in [5, 5.41) is 0.394. The van der Waals surface area contributed by atoms with E-state index in [1.54, 1.807) is 13.0 Å². The lowest BCUT2D eigenvalue weighted by Gasteiger charge is -2.31. The lowest BCUT2D eigenvalue weighted by Crippen LogP contribution is -2.45. The van der Waals surface area contributed by atoms with Crippen LogP contribution in [0.3, 0.4) is 0 Å². The van der Waals surface area contributed by atoms with E-state index < -0.39 is 10.0 Å². The average molecular weight is 350 g/mol. The molecule has 7 heteroatoms. The molecule has 1 aromatic carbocycles. The van der Waals surface area contributed by atoms with Crippen LogP contribution in [0.25, 0.3) is 0 Å². The van der Waals surface area contributed by atoms with Crippen molar-refractivity contribution in [3.05, 3.63) is 28.3 Å². The van der Waals surface area contributed by atoms with E-state index in [4.69, 9.17) is 27.9 Å². The molecule has 0 N–H and O–H groups in total. The van der Waals surface area contributed by atoms with Crippen LogP contribution in [0.2, 0.25) is 5.02 Å². The highest BCUT2D eigenvalue weighted by molar-refractivity contribution is 7.89. The Hall–Kier alpha value is -0.330. The standard InChI is InChI=1S/C14H17Cl2NO3S/c1-9-10(6-15)4-11(16)5-14(9)21(18,19)17-7-12-2-3-13(8-17)20-12/h4-5,12-13H,2-3,6-8H2,1H3. The van der Waals surface area contributed by atoms with Gasteiger partial charge in [0.15, 0.2) is 0 Å². The zero-order chi connectivity index (χ0) is 15.2. The van der Waals surface area contributed by atoms with Crippen LogP contribution in [0.1, 0.15) is 24.0 Å². The van der Waals surface area contributed by atoms with E-state index in [-0.39, 0.29) is 23.0 Å². The van der Waals surface area contributed by atoms with Gasteiger partial charge in [-0.1, -0.05) is 11.6 Å². The minimum Gasteiger partial charge on any atom is -0.372 e. The molecule has 2 bridgehead atoms. The Bertz CT molecular complexity index is 650. The predicted octanol–water partition coefficient (Wildman–Crippen LogP) is 2.94. The third-order valence-corrected chi connectivity index (χ3v) is 6.67. The maximum absolute atomic E-state index is 12.9. The number of ether oxygens (including phenoxy) is 1. The van der Waals surface area contributed by atoms with Gasteiger partial charge in [-0.15, -0.1) is 11.6 Å². The molecule has 2 aliphatic heterocycles. The van der Waals surface area contributed by atoms with Gasteiger partial charge in [-0.05, 0) is 43.0 Å². The molecule has 2 fully saturated rings. The Balaban J connectivity index is 2.00. The second kappa shape index (κ2) is 5.70. The van der Waals surface area contributed by atoms with E-state index in [2.05, 4.69) is 0 Å². The molecule has 2 atom stereocenters. The Labute approximate surface area is 135 Å². The number of morpholine rings is 1. The SMILES string of the molecule is Cc1c(CCl)cc(Cl)cc1S(=O)(=O)N1CC2CCC(C1)O2. The molecule has 0 amide bonds. The highest BCUT2D eigenvalue weighted by atomic mass is 35.5. The van der Waals surface area contributed by atoms with Crippen LogP contribution in [0.4, 0.5) is 0 Å². The fourth-order valence-electron chi connectivity index (χ4n) is 3.03. The number of nitrogens with zero attached hydrogens (tertiary/aromatic N) is 1. The topological polar surface area (TPSA) is 46.6 Å². The van der Waals surface area contributed by atoms with Crippen molar-refractivity contribution in [1.29, 1.82) is 0 Å². The maximum Gasteiger partial charge on any atom is 0.243 e. The summed E-state index contributed by atoms with van der Waals surface area (Å²) in [6.07, 6.45) is 1.90. The van der Waals surface area contributed by atoms with Crippen LogP contribution in [0, 0.1) is 6.92 Å². The Morgan fingerprint density at radius 1 is 1.29 bits per heavy atom. The van der Waals surface area contributed by atoms with Crippen molar-refractivity contribution in [1.82, 2.24) is 4.31 Å². The molecular weight excluding hydrogens is 333 g/mol. The van der Waals surface area contributed by atoms with Crippen LogP contribution in [-0.4, -0.2) is 38.0 Å². The third-order valence-electron chi connectivity index (χ3n) is 4.20. The molecule has 2 saturated heterocycles. The van der Waals surface area contributed by atoms with E-state index in [9.17, 15) is 8.42 Å². The monoisotopic (exact) mass is 349 g/mol. The quantitative estimate of drug-likeness (QED) is 0.788. The first kappa shape index (κ1) is 15.6. The first-order valence-electron chi connectivity index (χ1n) is 6.92. The van der Waals surface area contributed by atoms with Crippen LogP contribution in [0.5, 0.6) is 0 Å². The summed E-state index contributed by atoms with van der Waals surface area (Å²) >= 11 is 11.9. The number of alkyl halides is 1. The highest BCUT2D eigenvalue weighted by Crippen LogP contribution is 2.33. The van der Waals surface area contributed by atoms with Gasteiger partial charge < -0.3 is 4.74 Å². The molecule has 0 saturated carbocycles. The molecule has 21 heavy (non-hydrogen) atoms. The van der Waals surface area contributed by atoms with Crippen LogP contribution < -0.4 is 0 Å². The fourth-order valence-corrected chi connectivity index (χ4v) is 5.41. The van der Waals surface area contributed by atoms with E-state index in [1.807, 2.05) is 0 Å². The largest absolute Gasteiger partial charge is 0.372 e. The Morgan fingerprint density at radius 3 is 2.48 bits per heavy atom. The van der Waals surface area contributed by atoms with Crippen molar-refractivity contribution in [3.63, 3.8) is 0 Å². The predicted molar refractivity (Wildman–Crippen MR) is 82.4 cm³/mol. The van der Waals surface area contributed by atoms with Crippen LogP contribution >= 0.6 is 23.2 Å². The number of benzene rings is 1. The van der Waals surface area contributed by atoms with Crippen molar-refractivity contribution in [2.24, 2.45) is 0 Å². The highest BCUT2D eigenvalue weighted by Gasteiger charge is 2.40. The van der Waals surface area contributed by atoms with Gasteiger partial charge in [0.1, 0.15) is 0 Å². The number of hydrogen-bond acceptors (Lipinski definition) is 3. The first-order valence-corrected chi connectivity index (χ1v) is 9.27. The molecule has 1 aromatic rings. The Morgan fingerprint density at radius 2 is 1.90 bits per heavy atom. The number of hydrogen-bond donors (Lipinski definition) is 0. The normalized spacial score (nSPS) is 26.2. The number of rotatable bonds is 3. The van der Waals surface area contributed by atoms with E-state index in [0.29, 0.717) is 23.7 Å². The van der Waals surface area contributed by atoms with Crippen molar-refractivity contribution in [2.75, 3.05) is 13.1 Å². The van der Waals surface area contributed by atoms with Gasteiger partial charge in [-0.2, -0.15) is 4.31 Å². The van der Waals surface area contributed by atoms with Crippen molar-refractivity contribution in [2.45, 2.75) is 42.7 Å². The minimum atomic E-state index is -3.56. The average Bonchev–Trinajstić information content (AvgIpc) is 2.79. The third kappa shape index (κ3) is 2.82. The summed E-state index contributed by atoms with van der Waals surface area (Å²) in [6, 6.07) is 3.23. The van der Waals surface area contributed by atoms with Crippen molar-refractivity contribution >= 4 is 33.2 Å². The van der Waals surface area contributed by atoms with Gasteiger partial charge in [0.2, 0.25) is 10.0 Å². The molecular formula is C14H17Cl2NO3S. The summed E-state index contributed by atoms with van der Waals surface area (Å²) in [7, 11) is -3.56. The smallest absolute Gasteiger partial charge is 0.243 e. The Kier molecular flexibility index (Phi) is 4.23. The molecule has 0 aliphatic carbocycles. The zero-order valence-electron chi connectivity index (χ0n) is 11.7. The first-order chi connectivity index (χ1) is 9.91. The fraction of sp³-hybridized carbons (Fsp3) is 0.571. The number of sulfonamides is 1. The van der Waals surface area contributed by atoms with E-state index in [0.717, 1.165) is 18.4 Å². The van der Waals surface area contributed by atoms with Gasteiger partial charge in [-0.3, -0.25) is 0 Å². The second-order valence-corrected chi connectivity index (χ2v) is 8.21. The minimum absolute atomic E-state index is 0.0190. The van der Waals surface area contributed by atoms with Crippen molar-refractivity contribution < 1.29 is 13.2 Å². The summed E-state index contributed by atoms with van der Waals surface area (Å²) in [5.41, 5.74) is 1.42. The lowest BCUT2D eigenvalue weighted by atomic mass is 10.1. The summed E-state index contributed by atoms with van der Waals surface area (Å²) in [4.78, 5) is 0.256. The number of halogens is 2. The van der Waals surface area contributed by atoms with Gasteiger partial charge in [-0.25, -0.2) is 8.42 Å². The van der Waals surface area contributed by atoms with E-state index >= 15 is 0 Å². The van der Waals surface area contributed by atoms with E-state index in [1.165, 1.54) is 10.4 Å². The summed E-state index contributed by atoms with van der Waals surface area (Å²) in [6.45, 7) is 2.61. The molecule has 116 valence electrons. The molecule has 0 radical (unpaired) electrons. The number of fused-ring (bicyclic) bond motifs is 2. The summed E-state index contributed by atoms with van der Waals surface area (Å²) < 4.78 is 33.1. The van der Waals surface area contributed by atoms with Gasteiger partial charge in [0.05, 0.1) is 17.1 Å². The van der Waals surface area contributed by atoms with Crippen molar-refractivity contribution in [3.8, 4) is 0 Å². The van der Waals surface area contributed by atoms with Crippen LogP contribution in [-0.2, 0) is 20.6 Å². The zero-order valence-corrected chi connectivity index (χ0v) is 14.0. The molecule has 2 heterocycles. The van der Waals surface area contributed by atoms with Gasteiger partial charge >= 0.3 is 0 Å². The molecule has 0 spiro atoms.